The second-order valence-corrected chi connectivity index (χ2v) is 8.46. The van der Waals surface area contributed by atoms with Crippen molar-refractivity contribution in [2.24, 2.45) is 5.73 Å². The Morgan fingerprint density at radius 2 is 1.76 bits per heavy atom. The normalized spacial score (nSPS) is 13.0. The molecule has 0 radical (unpaired) electrons. The van der Waals surface area contributed by atoms with Crippen molar-refractivity contribution in [3.63, 3.8) is 0 Å². The summed E-state index contributed by atoms with van der Waals surface area (Å²) in [6, 6.07) is -2.14. The van der Waals surface area contributed by atoms with Crippen LogP contribution in [-0.2, 0) is 28.2 Å². The van der Waals surface area contributed by atoms with Gasteiger partial charge in [0.1, 0.15) is 18.6 Å². The fourth-order valence-corrected chi connectivity index (χ4v) is 4.60. The van der Waals surface area contributed by atoms with Gasteiger partial charge in [-0.2, -0.15) is 11.8 Å². The molecule has 2 amide bonds. The number of carboxylic acid groups (broad SMARTS) is 2. The zero-order valence-corrected chi connectivity index (χ0v) is 18.3. The topological polar surface area (TPSA) is 177 Å². The van der Waals surface area contributed by atoms with Crippen molar-refractivity contribution in [3.8, 4) is 0 Å². The summed E-state index contributed by atoms with van der Waals surface area (Å²) >= 11 is 1.39. The van der Waals surface area contributed by atoms with Crippen LogP contribution in [-0.4, -0.2) is 83.5 Å². The second kappa shape index (κ2) is 16.3. The van der Waals surface area contributed by atoms with Gasteiger partial charge < -0.3 is 35.6 Å². The minimum absolute atomic E-state index is 0.0786. The first kappa shape index (κ1) is 27.5. The van der Waals surface area contributed by atoms with E-state index >= 15 is 0 Å². The minimum atomic E-state index is -1.22. The lowest BCUT2D eigenvalue weighted by Gasteiger charge is -2.19. The van der Waals surface area contributed by atoms with E-state index in [0.717, 1.165) is 0 Å². The van der Waals surface area contributed by atoms with E-state index in [9.17, 15) is 19.2 Å². The molecule has 0 fully saturated rings. The maximum atomic E-state index is 12.2. The molecule has 0 aromatic heterocycles. The molecule has 168 valence electrons. The van der Waals surface area contributed by atoms with Crippen molar-refractivity contribution in [2.75, 3.05) is 37.4 Å². The van der Waals surface area contributed by atoms with Crippen LogP contribution in [0.2, 0.25) is 0 Å². The highest BCUT2D eigenvalue weighted by Gasteiger charge is 2.22. The van der Waals surface area contributed by atoms with Gasteiger partial charge in [0.15, 0.2) is 8.38 Å². The first-order valence-electron chi connectivity index (χ1n) is 9.09. The highest BCUT2D eigenvalue weighted by Crippen LogP contribution is 2.38. The zero-order chi connectivity index (χ0) is 22.2. The highest BCUT2D eigenvalue weighted by atomic mass is 32.2. The van der Waals surface area contributed by atoms with Crippen LogP contribution in [0.1, 0.15) is 26.7 Å². The van der Waals surface area contributed by atoms with Crippen LogP contribution >= 0.6 is 20.1 Å². The number of carbonyl (C=O) groups excluding carboxylic acids is 2. The molecular formula is C16H30N3O8PS. The van der Waals surface area contributed by atoms with Crippen molar-refractivity contribution in [3.05, 3.63) is 0 Å². The summed E-state index contributed by atoms with van der Waals surface area (Å²) in [5.41, 5.74) is 5.36. The van der Waals surface area contributed by atoms with Gasteiger partial charge in [-0.1, -0.05) is 0 Å². The summed E-state index contributed by atoms with van der Waals surface area (Å²) in [4.78, 5) is 45.6. The van der Waals surface area contributed by atoms with Crippen molar-refractivity contribution in [1.82, 2.24) is 10.6 Å². The summed E-state index contributed by atoms with van der Waals surface area (Å²) in [7, 11) is -1.01. The van der Waals surface area contributed by atoms with Gasteiger partial charge in [0.05, 0.1) is 13.2 Å². The maximum absolute atomic E-state index is 12.2. The van der Waals surface area contributed by atoms with E-state index in [0.29, 0.717) is 25.1 Å². The fourth-order valence-electron chi connectivity index (χ4n) is 1.94. The molecule has 2 atom stereocenters. The molecule has 0 heterocycles. The SMILES string of the molecule is CCOP(CCSCC(NC(=O)CCC(N)C(=O)O)C(=O)NCC(=O)O)OCC. The van der Waals surface area contributed by atoms with Gasteiger partial charge >= 0.3 is 11.9 Å². The lowest BCUT2D eigenvalue weighted by molar-refractivity contribution is -0.139. The number of hydrogen-bond acceptors (Lipinski definition) is 8. The molecule has 11 nitrogen and oxygen atoms in total. The van der Waals surface area contributed by atoms with Gasteiger partial charge in [-0.3, -0.25) is 19.2 Å². The molecule has 0 saturated heterocycles. The third kappa shape index (κ3) is 14.2. The predicted molar refractivity (Wildman–Crippen MR) is 110 cm³/mol. The molecule has 0 bridgehead atoms. The quantitative estimate of drug-likeness (QED) is 0.148. The predicted octanol–water partition coefficient (Wildman–Crippen LogP) is -0.0178. The lowest BCUT2D eigenvalue weighted by atomic mass is 10.1. The van der Waals surface area contributed by atoms with Gasteiger partial charge in [0, 0.05) is 24.1 Å². The molecule has 2 unspecified atom stereocenters. The Balaban J connectivity index is 4.63. The van der Waals surface area contributed by atoms with Crippen molar-refractivity contribution < 1.29 is 38.4 Å². The van der Waals surface area contributed by atoms with Gasteiger partial charge in [0.2, 0.25) is 11.8 Å². The van der Waals surface area contributed by atoms with E-state index < -0.39 is 50.8 Å². The van der Waals surface area contributed by atoms with Crippen LogP contribution in [0.15, 0.2) is 0 Å². The molecule has 0 aliphatic rings. The van der Waals surface area contributed by atoms with Gasteiger partial charge in [-0.25, -0.2) is 0 Å². The smallest absolute Gasteiger partial charge is 0.322 e. The Morgan fingerprint density at radius 1 is 1.14 bits per heavy atom. The number of thioether (sulfide) groups is 1. The average molecular weight is 455 g/mol. The zero-order valence-electron chi connectivity index (χ0n) is 16.6. The number of nitrogens with one attached hydrogen (secondary N) is 2. The number of rotatable bonds is 17. The van der Waals surface area contributed by atoms with E-state index in [1.54, 1.807) is 0 Å². The number of carboxylic acids is 2. The molecule has 0 rings (SSSR count). The number of aliphatic carboxylic acids is 2. The van der Waals surface area contributed by atoms with Crippen LogP contribution in [0.5, 0.6) is 0 Å². The molecule has 0 aromatic rings. The van der Waals surface area contributed by atoms with Gasteiger partial charge in [-0.05, 0) is 20.3 Å². The number of carbonyl (C=O) groups is 4. The number of amides is 2. The Hall–Kier alpha value is -1.46. The molecule has 0 aliphatic carbocycles. The minimum Gasteiger partial charge on any atom is -0.480 e. The fraction of sp³-hybridized carbons (Fsp3) is 0.750. The first-order valence-corrected chi connectivity index (χ1v) is 11.6. The van der Waals surface area contributed by atoms with Gasteiger partial charge in [0.25, 0.3) is 0 Å². The number of nitrogens with two attached hydrogens (primary N) is 1. The average Bonchev–Trinajstić information content (AvgIpc) is 2.66. The Kier molecular flexibility index (Phi) is 15.5. The summed E-state index contributed by atoms with van der Waals surface area (Å²) in [6.45, 7) is 4.24. The number of hydrogen-bond donors (Lipinski definition) is 5. The van der Waals surface area contributed by atoms with Crippen LogP contribution in [0.25, 0.3) is 0 Å². The lowest BCUT2D eigenvalue weighted by Crippen LogP contribution is -2.49. The summed E-state index contributed by atoms with van der Waals surface area (Å²) in [5, 5.41) is 22.2. The maximum Gasteiger partial charge on any atom is 0.322 e. The third-order valence-electron chi connectivity index (χ3n) is 3.31. The second-order valence-electron chi connectivity index (χ2n) is 5.68. The van der Waals surface area contributed by atoms with Crippen molar-refractivity contribution >= 4 is 43.9 Å². The monoisotopic (exact) mass is 455 g/mol. The molecule has 0 aliphatic heterocycles. The highest BCUT2D eigenvalue weighted by molar-refractivity contribution is 7.99. The standard InChI is InChI=1S/C16H30N3O8PS/c1-3-26-28(27-4-2)7-8-29-10-12(15(23)18-9-14(21)22)19-13(20)6-5-11(17)16(24)25/h11-12H,3-10,17H2,1-2H3,(H,18,23)(H,19,20)(H,21,22)(H,24,25). The van der Waals surface area contributed by atoms with Crippen LogP contribution in [0.4, 0.5) is 0 Å². The van der Waals surface area contributed by atoms with Crippen molar-refractivity contribution in [2.45, 2.75) is 38.8 Å². The molecule has 6 N–H and O–H groups in total. The van der Waals surface area contributed by atoms with E-state index in [2.05, 4.69) is 10.6 Å². The molecule has 0 aromatic carbocycles. The van der Waals surface area contributed by atoms with Crippen LogP contribution in [0.3, 0.4) is 0 Å². The summed E-state index contributed by atoms with van der Waals surface area (Å²) in [5.74, 6) is -2.76. The molecule has 29 heavy (non-hydrogen) atoms. The summed E-state index contributed by atoms with van der Waals surface area (Å²) < 4.78 is 11.0. The Bertz CT molecular complexity index is 534. The third-order valence-corrected chi connectivity index (χ3v) is 6.36. The summed E-state index contributed by atoms with van der Waals surface area (Å²) in [6.07, 6.45) is 0.401. The molecular weight excluding hydrogens is 425 g/mol. The van der Waals surface area contributed by atoms with E-state index in [4.69, 9.17) is 25.0 Å². The Labute approximate surface area is 175 Å². The van der Waals surface area contributed by atoms with Crippen molar-refractivity contribution in [1.29, 1.82) is 0 Å². The first-order chi connectivity index (χ1) is 13.7. The molecule has 0 spiro atoms. The largest absolute Gasteiger partial charge is 0.480 e. The van der Waals surface area contributed by atoms with E-state index in [1.165, 1.54) is 11.8 Å². The Morgan fingerprint density at radius 3 is 2.28 bits per heavy atom. The van der Waals surface area contributed by atoms with Crippen LogP contribution < -0.4 is 16.4 Å². The molecule has 13 heteroatoms. The van der Waals surface area contributed by atoms with E-state index in [1.807, 2.05) is 13.8 Å². The van der Waals surface area contributed by atoms with Gasteiger partial charge in [-0.15, -0.1) is 0 Å². The van der Waals surface area contributed by atoms with E-state index in [-0.39, 0.29) is 18.6 Å². The molecule has 0 saturated carbocycles. The van der Waals surface area contributed by atoms with Crippen LogP contribution in [0, 0.1) is 0 Å².